The summed E-state index contributed by atoms with van der Waals surface area (Å²) in [6.45, 7) is 1.40. The van der Waals surface area contributed by atoms with Crippen LogP contribution in [0.1, 0.15) is 34.8 Å². The number of amides is 2. The second kappa shape index (κ2) is 8.75. The Morgan fingerprint density at radius 1 is 1.00 bits per heavy atom. The molecule has 1 N–H and O–H groups in total. The average Bonchev–Trinajstić information content (AvgIpc) is 3.23. The van der Waals surface area contributed by atoms with Crippen LogP contribution in [-0.2, 0) is 14.8 Å². The van der Waals surface area contributed by atoms with Gasteiger partial charge in [0.1, 0.15) is 6.04 Å². The molecule has 154 valence electrons. The lowest BCUT2D eigenvalue weighted by molar-refractivity contribution is -0.119. The van der Waals surface area contributed by atoms with Crippen LogP contribution in [0, 0.1) is 0 Å². The molecule has 29 heavy (non-hydrogen) atoms. The van der Waals surface area contributed by atoms with Crippen LogP contribution in [0.25, 0.3) is 0 Å². The molecule has 2 aromatic rings. The topological polar surface area (TPSA) is 86.8 Å². The molecule has 7 nitrogen and oxygen atoms in total. The van der Waals surface area contributed by atoms with Crippen LogP contribution < -0.4 is 5.32 Å². The standard InChI is InChI=1S/C21H25N3O4S/c1-23(29(2,27)28)19(16-10-4-3-5-11-16)20(25)22-18-13-7-6-12-17(18)21(26)24-14-8-9-15-24/h3-7,10-13,19H,8-9,14-15H2,1-2H3,(H,22,25)/t19-/m1/s1. The summed E-state index contributed by atoms with van der Waals surface area (Å²) in [5.74, 6) is -0.656. The van der Waals surface area contributed by atoms with Crippen molar-refractivity contribution in [2.75, 3.05) is 31.7 Å². The molecule has 1 aliphatic rings. The van der Waals surface area contributed by atoms with Gasteiger partial charge in [-0.1, -0.05) is 42.5 Å². The Labute approximate surface area is 171 Å². The molecule has 0 unspecified atom stereocenters. The maximum absolute atomic E-state index is 13.2. The van der Waals surface area contributed by atoms with Gasteiger partial charge in [-0.25, -0.2) is 8.42 Å². The first-order chi connectivity index (χ1) is 13.8. The fourth-order valence-electron chi connectivity index (χ4n) is 3.42. The van der Waals surface area contributed by atoms with Crippen molar-refractivity contribution in [1.29, 1.82) is 0 Å². The van der Waals surface area contributed by atoms with Gasteiger partial charge in [0.2, 0.25) is 15.9 Å². The Bertz CT molecular complexity index is 986. The van der Waals surface area contributed by atoms with E-state index in [0.717, 1.165) is 23.4 Å². The molecule has 1 aliphatic heterocycles. The third-order valence-corrected chi connectivity index (χ3v) is 6.32. The van der Waals surface area contributed by atoms with Crippen molar-refractivity contribution in [2.24, 2.45) is 0 Å². The van der Waals surface area contributed by atoms with E-state index in [2.05, 4.69) is 5.32 Å². The number of anilines is 1. The second-order valence-electron chi connectivity index (χ2n) is 7.13. The number of sulfonamides is 1. The van der Waals surface area contributed by atoms with Crippen LogP contribution in [0.15, 0.2) is 54.6 Å². The zero-order valence-corrected chi connectivity index (χ0v) is 17.4. The molecule has 0 aromatic heterocycles. The van der Waals surface area contributed by atoms with Gasteiger partial charge >= 0.3 is 0 Å². The zero-order chi connectivity index (χ0) is 21.0. The van der Waals surface area contributed by atoms with Crippen molar-refractivity contribution in [3.8, 4) is 0 Å². The molecule has 2 aromatic carbocycles. The minimum absolute atomic E-state index is 0.133. The number of nitrogens with zero attached hydrogens (tertiary/aromatic N) is 2. The van der Waals surface area contributed by atoms with Gasteiger partial charge < -0.3 is 10.2 Å². The minimum Gasteiger partial charge on any atom is -0.339 e. The van der Waals surface area contributed by atoms with Crippen molar-refractivity contribution in [3.05, 3.63) is 65.7 Å². The van der Waals surface area contributed by atoms with Gasteiger partial charge in [-0.3, -0.25) is 9.59 Å². The fraction of sp³-hybridized carbons (Fsp3) is 0.333. The summed E-state index contributed by atoms with van der Waals surface area (Å²) in [5.41, 5.74) is 1.31. The van der Waals surface area contributed by atoms with Crippen LogP contribution >= 0.6 is 0 Å². The number of likely N-dealkylation sites (N-methyl/N-ethyl adjacent to an activating group) is 1. The van der Waals surface area contributed by atoms with E-state index >= 15 is 0 Å². The number of carbonyl (C=O) groups excluding carboxylic acids is 2. The van der Waals surface area contributed by atoms with Gasteiger partial charge in [-0.15, -0.1) is 0 Å². The van der Waals surface area contributed by atoms with E-state index < -0.39 is 22.0 Å². The molecule has 0 bridgehead atoms. The Kier molecular flexibility index (Phi) is 6.34. The third kappa shape index (κ3) is 4.83. The Morgan fingerprint density at radius 2 is 1.59 bits per heavy atom. The Morgan fingerprint density at radius 3 is 2.21 bits per heavy atom. The highest BCUT2D eigenvalue weighted by atomic mass is 32.2. The summed E-state index contributed by atoms with van der Waals surface area (Å²) in [6.07, 6.45) is 2.99. The lowest BCUT2D eigenvalue weighted by Gasteiger charge is -2.26. The normalized spacial score (nSPS) is 15.3. The first-order valence-corrected chi connectivity index (χ1v) is 11.3. The molecule has 0 saturated carbocycles. The smallest absolute Gasteiger partial charge is 0.255 e. The molecule has 1 fully saturated rings. The molecular weight excluding hydrogens is 390 g/mol. The summed E-state index contributed by atoms with van der Waals surface area (Å²) in [5, 5.41) is 2.77. The highest BCUT2D eigenvalue weighted by molar-refractivity contribution is 7.88. The number of rotatable bonds is 6. The summed E-state index contributed by atoms with van der Waals surface area (Å²) in [6, 6.07) is 14.4. The Balaban J connectivity index is 1.92. The number of hydrogen-bond acceptors (Lipinski definition) is 4. The van der Waals surface area contributed by atoms with E-state index in [1.54, 1.807) is 59.5 Å². The molecule has 1 heterocycles. The monoisotopic (exact) mass is 415 g/mol. The van der Waals surface area contributed by atoms with E-state index in [1.165, 1.54) is 7.05 Å². The molecule has 8 heteroatoms. The van der Waals surface area contributed by atoms with Crippen molar-refractivity contribution < 1.29 is 18.0 Å². The van der Waals surface area contributed by atoms with E-state index in [0.29, 0.717) is 29.9 Å². The van der Waals surface area contributed by atoms with Crippen molar-refractivity contribution in [1.82, 2.24) is 9.21 Å². The lowest BCUT2D eigenvalue weighted by atomic mass is 10.1. The highest BCUT2D eigenvalue weighted by Crippen LogP contribution is 2.26. The number of likely N-dealkylation sites (tertiary alicyclic amines) is 1. The van der Waals surface area contributed by atoms with Crippen LogP contribution in [0.5, 0.6) is 0 Å². The van der Waals surface area contributed by atoms with Gasteiger partial charge in [0.15, 0.2) is 0 Å². The van der Waals surface area contributed by atoms with Crippen LogP contribution in [0.4, 0.5) is 5.69 Å². The first kappa shape index (κ1) is 21.0. The number of hydrogen-bond donors (Lipinski definition) is 1. The third-order valence-electron chi connectivity index (χ3n) is 5.06. The van der Waals surface area contributed by atoms with Gasteiger partial charge in [0, 0.05) is 20.1 Å². The van der Waals surface area contributed by atoms with Crippen LogP contribution in [-0.4, -0.2) is 55.8 Å². The summed E-state index contributed by atoms with van der Waals surface area (Å²) in [7, 11) is -2.26. The summed E-state index contributed by atoms with van der Waals surface area (Å²) >= 11 is 0. The summed E-state index contributed by atoms with van der Waals surface area (Å²) < 4.78 is 25.3. The van der Waals surface area contributed by atoms with Crippen molar-refractivity contribution in [2.45, 2.75) is 18.9 Å². The summed E-state index contributed by atoms with van der Waals surface area (Å²) in [4.78, 5) is 27.8. The fourth-order valence-corrected chi connectivity index (χ4v) is 4.02. The zero-order valence-electron chi connectivity index (χ0n) is 16.5. The van der Waals surface area contributed by atoms with Gasteiger partial charge in [0.25, 0.3) is 5.91 Å². The van der Waals surface area contributed by atoms with Crippen LogP contribution in [0.3, 0.4) is 0 Å². The largest absolute Gasteiger partial charge is 0.339 e. The maximum Gasteiger partial charge on any atom is 0.255 e. The van der Waals surface area contributed by atoms with Gasteiger partial charge in [-0.05, 0) is 30.5 Å². The van der Waals surface area contributed by atoms with Crippen molar-refractivity contribution >= 4 is 27.5 Å². The van der Waals surface area contributed by atoms with E-state index in [9.17, 15) is 18.0 Å². The minimum atomic E-state index is -3.63. The average molecular weight is 416 g/mol. The van der Waals surface area contributed by atoms with Gasteiger partial charge in [0.05, 0.1) is 17.5 Å². The SMILES string of the molecule is CN([C@@H](C(=O)Nc1ccccc1C(=O)N1CCCC1)c1ccccc1)S(C)(=O)=O. The predicted molar refractivity (Wildman–Crippen MR) is 112 cm³/mol. The number of nitrogens with one attached hydrogen (secondary N) is 1. The molecule has 1 atom stereocenters. The van der Waals surface area contributed by atoms with Crippen molar-refractivity contribution in [3.63, 3.8) is 0 Å². The molecule has 0 spiro atoms. The number of carbonyl (C=O) groups is 2. The molecule has 3 rings (SSSR count). The predicted octanol–water partition coefficient (Wildman–Crippen LogP) is 2.49. The molecule has 2 amide bonds. The van der Waals surface area contributed by atoms with E-state index in [1.807, 2.05) is 0 Å². The number of para-hydroxylation sites is 1. The second-order valence-corrected chi connectivity index (χ2v) is 9.17. The van der Waals surface area contributed by atoms with E-state index in [4.69, 9.17) is 0 Å². The number of benzene rings is 2. The lowest BCUT2D eigenvalue weighted by Crippen LogP contribution is -2.38. The molecule has 0 radical (unpaired) electrons. The van der Waals surface area contributed by atoms with Gasteiger partial charge in [-0.2, -0.15) is 4.31 Å². The quantitative estimate of drug-likeness (QED) is 0.785. The molecule has 1 saturated heterocycles. The first-order valence-electron chi connectivity index (χ1n) is 9.46. The van der Waals surface area contributed by atoms with Crippen LogP contribution in [0.2, 0.25) is 0 Å². The van der Waals surface area contributed by atoms with E-state index in [-0.39, 0.29) is 5.91 Å². The highest BCUT2D eigenvalue weighted by Gasteiger charge is 2.31. The maximum atomic E-state index is 13.2. The molecule has 0 aliphatic carbocycles. The molecular formula is C21H25N3O4S. The Hall–Kier alpha value is -2.71.